The number of nitrogens with two attached hydrogens (primary N) is 1. The molecule has 0 aromatic carbocycles. The molecule has 0 aromatic heterocycles. The lowest BCUT2D eigenvalue weighted by Gasteiger charge is -2.24. The summed E-state index contributed by atoms with van der Waals surface area (Å²) >= 11 is 0. The zero-order chi connectivity index (χ0) is 13.6. The molecular formula is C11H24N2O3S. The Hall–Kier alpha value is -0.620. The Bertz CT molecular complexity index is 341. The molecule has 17 heavy (non-hydrogen) atoms. The zero-order valence-corrected chi connectivity index (χ0v) is 12.0. The summed E-state index contributed by atoms with van der Waals surface area (Å²) in [6.07, 6.45) is 0.827. The topological polar surface area (TPSA) is 80.5 Å². The van der Waals surface area contributed by atoms with Gasteiger partial charge in [0, 0.05) is 19.3 Å². The lowest BCUT2D eigenvalue weighted by molar-refractivity contribution is -0.132. The third-order valence-electron chi connectivity index (χ3n) is 3.10. The normalized spacial score (nSPS) is 15.4. The number of sulfone groups is 1. The van der Waals surface area contributed by atoms with E-state index >= 15 is 0 Å². The summed E-state index contributed by atoms with van der Waals surface area (Å²) in [5, 5.41) is 0. The lowest BCUT2D eigenvalue weighted by atomic mass is 9.99. The molecule has 6 heteroatoms. The Morgan fingerprint density at radius 2 is 1.88 bits per heavy atom. The van der Waals surface area contributed by atoms with Crippen molar-refractivity contribution < 1.29 is 13.2 Å². The summed E-state index contributed by atoms with van der Waals surface area (Å²) in [5.41, 5.74) is 5.80. The number of nitrogens with zero attached hydrogens (tertiary/aromatic N) is 1. The average molecular weight is 264 g/mol. The Balaban J connectivity index is 4.33. The van der Waals surface area contributed by atoms with Gasteiger partial charge in [0.05, 0.1) is 11.8 Å². The predicted octanol–water partition coefficient (Wildman–Crippen LogP) is 0.253. The van der Waals surface area contributed by atoms with E-state index in [-0.39, 0.29) is 29.9 Å². The van der Waals surface area contributed by atoms with E-state index in [2.05, 4.69) is 0 Å². The van der Waals surface area contributed by atoms with Gasteiger partial charge in [0.15, 0.2) is 9.84 Å². The molecule has 0 rings (SSSR count). The van der Waals surface area contributed by atoms with E-state index in [1.807, 2.05) is 13.8 Å². The molecule has 2 unspecified atom stereocenters. The largest absolute Gasteiger partial charge is 0.343 e. The number of rotatable bonds is 7. The standard InChI is InChI=1S/C11H24N2O3S/c1-5-9(3)10(12)11(14)13(4)7-8-17(15,16)6-2/h9-10H,5-8,12H2,1-4H3. The third kappa shape index (κ3) is 5.50. The molecule has 0 spiro atoms. The van der Waals surface area contributed by atoms with Crippen LogP contribution >= 0.6 is 0 Å². The van der Waals surface area contributed by atoms with E-state index in [4.69, 9.17) is 5.73 Å². The van der Waals surface area contributed by atoms with Crippen molar-refractivity contribution in [1.29, 1.82) is 0 Å². The summed E-state index contributed by atoms with van der Waals surface area (Å²) < 4.78 is 22.6. The van der Waals surface area contributed by atoms with Crippen LogP contribution in [0, 0.1) is 5.92 Å². The van der Waals surface area contributed by atoms with Gasteiger partial charge in [-0.15, -0.1) is 0 Å². The fourth-order valence-corrected chi connectivity index (χ4v) is 2.12. The van der Waals surface area contributed by atoms with Crippen LogP contribution in [0.4, 0.5) is 0 Å². The van der Waals surface area contributed by atoms with Crippen molar-refractivity contribution in [2.24, 2.45) is 11.7 Å². The lowest BCUT2D eigenvalue weighted by Crippen LogP contribution is -2.46. The smallest absolute Gasteiger partial charge is 0.239 e. The fourth-order valence-electron chi connectivity index (χ4n) is 1.28. The molecule has 0 fully saturated rings. The molecule has 0 aliphatic rings. The molecule has 0 saturated heterocycles. The molecule has 0 heterocycles. The van der Waals surface area contributed by atoms with Gasteiger partial charge in [-0.2, -0.15) is 0 Å². The number of amides is 1. The van der Waals surface area contributed by atoms with E-state index in [9.17, 15) is 13.2 Å². The summed E-state index contributed by atoms with van der Waals surface area (Å²) in [5.74, 6) is 0.0178. The first kappa shape index (κ1) is 16.4. The first-order valence-electron chi connectivity index (χ1n) is 5.96. The van der Waals surface area contributed by atoms with Gasteiger partial charge in [-0.25, -0.2) is 8.42 Å². The molecule has 0 aliphatic carbocycles. The first-order valence-corrected chi connectivity index (χ1v) is 7.78. The van der Waals surface area contributed by atoms with E-state index in [0.29, 0.717) is 0 Å². The highest BCUT2D eigenvalue weighted by Gasteiger charge is 2.23. The van der Waals surface area contributed by atoms with Crippen molar-refractivity contribution >= 4 is 15.7 Å². The maximum Gasteiger partial charge on any atom is 0.239 e. The van der Waals surface area contributed by atoms with Crippen LogP contribution < -0.4 is 5.73 Å². The van der Waals surface area contributed by atoms with Crippen LogP contribution in [-0.2, 0) is 14.6 Å². The third-order valence-corrected chi connectivity index (χ3v) is 4.78. The number of hydrogen-bond donors (Lipinski definition) is 1. The predicted molar refractivity (Wildman–Crippen MR) is 69.4 cm³/mol. The molecule has 1 amide bonds. The minimum absolute atomic E-state index is 0.00103. The maximum atomic E-state index is 11.9. The number of likely N-dealkylation sites (N-methyl/N-ethyl adjacent to an activating group) is 1. The number of carbonyl (C=O) groups is 1. The first-order chi connectivity index (χ1) is 7.75. The van der Waals surface area contributed by atoms with Crippen molar-refractivity contribution in [3.05, 3.63) is 0 Å². The highest BCUT2D eigenvalue weighted by Crippen LogP contribution is 2.07. The molecule has 2 atom stereocenters. The van der Waals surface area contributed by atoms with E-state index < -0.39 is 15.9 Å². The Morgan fingerprint density at radius 3 is 2.29 bits per heavy atom. The van der Waals surface area contributed by atoms with Crippen LogP contribution in [0.2, 0.25) is 0 Å². The molecule has 0 saturated carbocycles. The summed E-state index contributed by atoms with van der Waals surface area (Å²) in [7, 11) is -1.44. The molecular weight excluding hydrogens is 240 g/mol. The summed E-state index contributed by atoms with van der Waals surface area (Å²) in [4.78, 5) is 13.3. The van der Waals surface area contributed by atoms with Crippen molar-refractivity contribution in [2.45, 2.75) is 33.2 Å². The van der Waals surface area contributed by atoms with Crippen molar-refractivity contribution in [3.63, 3.8) is 0 Å². The van der Waals surface area contributed by atoms with Crippen LogP contribution in [0.1, 0.15) is 27.2 Å². The van der Waals surface area contributed by atoms with Crippen LogP contribution in [-0.4, -0.2) is 50.4 Å². The average Bonchev–Trinajstić information content (AvgIpc) is 2.33. The summed E-state index contributed by atoms with van der Waals surface area (Å²) in [6.45, 7) is 5.69. The van der Waals surface area contributed by atoms with Gasteiger partial charge in [0.2, 0.25) is 5.91 Å². The zero-order valence-electron chi connectivity index (χ0n) is 11.1. The van der Waals surface area contributed by atoms with Crippen molar-refractivity contribution in [1.82, 2.24) is 4.90 Å². The van der Waals surface area contributed by atoms with Gasteiger partial charge < -0.3 is 10.6 Å². The van der Waals surface area contributed by atoms with Gasteiger partial charge in [-0.3, -0.25) is 4.79 Å². The van der Waals surface area contributed by atoms with Crippen LogP contribution in [0.25, 0.3) is 0 Å². The molecule has 5 nitrogen and oxygen atoms in total. The Kier molecular flexibility index (Phi) is 6.70. The highest BCUT2D eigenvalue weighted by molar-refractivity contribution is 7.91. The second-order valence-electron chi connectivity index (χ2n) is 4.41. The van der Waals surface area contributed by atoms with Crippen LogP contribution in [0.5, 0.6) is 0 Å². The monoisotopic (exact) mass is 264 g/mol. The molecule has 2 N–H and O–H groups in total. The Morgan fingerprint density at radius 1 is 1.35 bits per heavy atom. The van der Waals surface area contributed by atoms with Gasteiger partial charge >= 0.3 is 0 Å². The van der Waals surface area contributed by atoms with E-state index in [1.165, 1.54) is 4.90 Å². The quantitative estimate of drug-likeness (QED) is 0.715. The second-order valence-corrected chi connectivity index (χ2v) is 6.88. The molecule has 0 radical (unpaired) electrons. The molecule has 102 valence electrons. The van der Waals surface area contributed by atoms with Gasteiger partial charge in [-0.1, -0.05) is 27.2 Å². The highest BCUT2D eigenvalue weighted by atomic mass is 32.2. The number of hydrogen-bond acceptors (Lipinski definition) is 4. The van der Waals surface area contributed by atoms with Crippen molar-refractivity contribution in [2.75, 3.05) is 25.1 Å². The van der Waals surface area contributed by atoms with Crippen LogP contribution in [0.3, 0.4) is 0 Å². The SMILES string of the molecule is CCC(C)C(N)C(=O)N(C)CCS(=O)(=O)CC. The summed E-state index contributed by atoms with van der Waals surface area (Å²) in [6, 6.07) is -0.547. The molecule has 0 bridgehead atoms. The molecule has 0 aromatic rings. The minimum Gasteiger partial charge on any atom is -0.343 e. The van der Waals surface area contributed by atoms with E-state index in [0.717, 1.165) is 6.42 Å². The van der Waals surface area contributed by atoms with Gasteiger partial charge in [0.1, 0.15) is 0 Å². The molecule has 0 aliphatic heterocycles. The Labute approximate surface area is 104 Å². The van der Waals surface area contributed by atoms with Crippen LogP contribution in [0.15, 0.2) is 0 Å². The second kappa shape index (κ2) is 6.96. The number of carbonyl (C=O) groups excluding carboxylic acids is 1. The maximum absolute atomic E-state index is 11.9. The van der Waals surface area contributed by atoms with Crippen molar-refractivity contribution in [3.8, 4) is 0 Å². The van der Waals surface area contributed by atoms with Gasteiger partial charge in [0.25, 0.3) is 0 Å². The van der Waals surface area contributed by atoms with E-state index in [1.54, 1.807) is 14.0 Å². The van der Waals surface area contributed by atoms with Gasteiger partial charge in [-0.05, 0) is 5.92 Å². The minimum atomic E-state index is -3.03. The fraction of sp³-hybridized carbons (Fsp3) is 0.909.